The number of nitrogens with one attached hydrogen (secondary N) is 1. The van der Waals surface area contributed by atoms with E-state index in [0.717, 1.165) is 4.90 Å². The van der Waals surface area contributed by atoms with Crippen molar-refractivity contribution in [1.29, 1.82) is 0 Å². The second-order valence-corrected chi connectivity index (χ2v) is 6.19. The van der Waals surface area contributed by atoms with E-state index in [4.69, 9.17) is 4.74 Å². The van der Waals surface area contributed by atoms with Crippen LogP contribution in [0.4, 0.5) is 0 Å². The van der Waals surface area contributed by atoms with Crippen molar-refractivity contribution in [2.45, 2.75) is 18.7 Å². The summed E-state index contributed by atoms with van der Waals surface area (Å²) in [5.41, 5.74) is 2.83. The molecule has 1 N–H and O–H groups in total. The third-order valence-electron chi connectivity index (χ3n) is 3.45. The number of carbonyl (C=O) groups excluding carboxylic acids is 2. The molecule has 23 heavy (non-hydrogen) atoms. The SMILES string of the molecule is COc1ccc(C(=O)NC(=O)CSc2ccc(C)c(C)c2)cc1. The monoisotopic (exact) mass is 329 g/mol. The van der Waals surface area contributed by atoms with Crippen LogP contribution in [0.2, 0.25) is 0 Å². The molecule has 0 aliphatic rings. The fourth-order valence-electron chi connectivity index (χ4n) is 1.93. The summed E-state index contributed by atoms with van der Waals surface area (Å²) in [6.07, 6.45) is 0. The molecule has 2 rings (SSSR count). The molecule has 0 saturated carbocycles. The first-order valence-electron chi connectivity index (χ1n) is 7.18. The zero-order valence-electron chi connectivity index (χ0n) is 13.4. The van der Waals surface area contributed by atoms with E-state index in [0.29, 0.717) is 11.3 Å². The summed E-state index contributed by atoms with van der Waals surface area (Å²) in [6.45, 7) is 4.08. The van der Waals surface area contributed by atoms with Crippen LogP contribution in [0.5, 0.6) is 5.75 Å². The third-order valence-corrected chi connectivity index (χ3v) is 4.45. The van der Waals surface area contributed by atoms with E-state index < -0.39 is 5.91 Å². The van der Waals surface area contributed by atoms with E-state index in [1.54, 1.807) is 31.4 Å². The maximum absolute atomic E-state index is 12.0. The van der Waals surface area contributed by atoms with Gasteiger partial charge in [0.25, 0.3) is 5.91 Å². The Morgan fingerprint density at radius 1 is 1.04 bits per heavy atom. The van der Waals surface area contributed by atoms with Crippen molar-refractivity contribution in [3.05, 3.63) is 59.2 Å². The van der Waals surface area contributed by atoms with E-state index in [9.17, 15) is 9.59 Å². The molecule has 2 aromatic rings. The van der Waals surface area contributed by atoms with E-state index in [1.807, 2.05) is 32.0 Å². The van der Waals surface area contributed by atoms with Gasteiger partial charge in [0.1, 0.15) is 5.75 Å². The van der Waals surface area contributed by atoms with Gasteiger partial charge in [-0.15, -0.1) is 11.8 Å². The first kappa shape index (κ1) is 17.1. The van der Waals surface area contributed by atoms with Crippen LogP contribution in [0.15, 0.2) is 47.4 Å². The van der Waals surface area contributed by atoms with Crippen molar-refractivity contribution in [1.82, 2.24) is 5.32 Å². The maximum Gasteiger partial charge on any atom is 0.257 e. The molecule has 5 heteroatoms. The molecule has 120 valence electrons. The standard InChI is InChI=1S/C18H19NO3S/c1-12-4-9-16(10-13(12)2)23-11-17(20)19-18(21)14-5-7-15(22-3)8-6-14/h4-10H,11H2,1-3H3,(H,19,20,21). The number of thioether (sulfide) groups is 1. The predicted octanol–water partition coefficient (Wildman–Crippen LogP) is 3.36. The van der Waals surface area contributed by atoms with Gasteiger partial charge < -0.3 is 4.74 Å². The van der Waals surface area contributed by atoms with E-state index >= 15 is 0 Å². The molecule has 0 aliphatic carbocycles. The van der Waals surface area contributed by atoms with Crippen LogP contribution in [-0.2, 0) is 4.79 Å². The van der Waals surface area contributed by atoms with Crippen LogP contribution in [0.3, 0.4) is 0 Å². The van der Waals surface area contributed by atoms with Gasteiger partial charge in [-0.2, -0.15) is 0 Å². The van der Waals surface area contributed by atoms with Crippen molar-refractivity contribution in [3.63, 3.8) is 0 Å². The normalized spacial score (nSPS) is 10.2. The van der Waals surface area contributed by atoms with E-state index in [2.05, 4.69) is 5.32 Å². The number of aryl methyl sites for hydroxylation is 2. The number of amides is 2. The van der Waals surface area contributed by atoms with Gasteiger partial charge in [-0.05, 0) is 61.4 Å². The molecule has 0 radical (unpaired) electrons. The Labute approximate surface area is 140 Å². The number of hydrogen-bond donors (Lipinski definition) is 1. The highest BCUT2D eigenvalue weighted by Gasteiger charge is 2.11. The maximum atomic E-state index is 12.0. The molecule has 2 amide bonds. The summed E-state index contributed by atoms with van der Waals surface area (Å²) in [5, 5.41) is 2.39. The molecule has 0 fully saturated rings. The molecule has 0 saturated heterocycles. The Morgan fingerprint density at radius 3 is 2.35 bits per heavy atom. The predicted molar refractivity (Wildman–Crippen MR) is 92.1 cm³/mol. The molecule has 0 spiro atoms. The molecule has 0 aromatic heterocycles. The van der Waals surface area contributed by atoms with Gasteiger partial charge in [-0.25, -0.2) is 0 Å². The van der Waals surface area contributed by atoms with Crippen LogP contribution < -0.4 is 10.1 Å². The number of rotatable bonds is 5. The van der Waals surface area contributed by atoms with Crippen molar-refractivity contribution in [2.24, 2.45) is 0 Å². The summed E-state index contributed by atoms with van der Waals surface area (Å²) in [7, 11) is 1.56. The van der Waals surface area contributed by atoms with Crippen molar-refractivity contribution < 1.29 is 14.3 Å². The number of ether oxygens (including phenoxy) is 1. The van der Waals surface area contributed by atoms with Crippen molar-refractivity contribution in [3.8, 4) is 5.75 Å². The summed E-state index contributed by atoms with van der Waals surface area (Å²) >= 11 is 1.41. The lowest BCUT2D eigenvalue weighted by Gasteiger charge is -2.06. The van der Waals surface area contributed by atoms with Crippen LogP contribution in [0, 0.1) is 13.8 Å². The fourth-order valence-corrected chi connectivity index (χ4v) is 2.72. The first-order valence-corrected chi connectivity index (χ1v) is 8.16. The molecule has 2 aromatic carbocycles. The van der Waals surface area contributed by atoms with Gasteiger partial charge >= 0.3 is 0 Å². The topological polar surface area (TPSA) is 55.4 Å². The minimum absolute atomic E-state index is 0.199. The smallest absolute Gasteiger partial charge is 0.257 e. The lowest BCUT2D eigenvalue weighted by molar-refractivity contribution is -0.117. The molecule has 0 aliphatic heterocycles. The zero-order chi connectivity index (χ0) is 16.8. The summed E-state index contributed by atoms with van der Waals surface area (Å²) < 4.78 is 5.03. The largest absolute Gasteiger partial charge is 0.497 e. The molecule has 4 nitrogen and oxygen atoms in total. The van der Waals surface area contributed by atoms with Crippen LogP contribution in [-0.4, -0.2) is 24.7 Å². The lowest BCUT2D eigenvalue weighted by atomic mass is 10.1. The Balaban J connectivity index is 1.88. The Morgan fingerprint density at radius 2 is 1.74 bits per heavy atom. The molecular weight excluding hydrogens is 310 g/mol. The number of imide groups is 1. The molecule has 0 heterocycles. The summed E-state index contributed by atoms with van der Waals surface area (Å²) in [4.78, 5) is 24.9. The van der Waals surface area contributed by atoms with Gasteiger partial charge in [0.2, 0.25) is 5.91 Å². The summed E-state index contributed by atoms with van der Waals surface area (Å²) in [5.74, 6) is 0.148. The average Bonchev–Trinajstić information content (AvgIpc) is 2.56. The third kappa shape index (κ3) is 4.86. The Hall–Kier alpha value is -2.27. The Kier molecular flexibility index (Phi) is 5.82. The van der Waals surface area contributed by atoms with E-state index in [1.165, 1.54) is 22.9 Å². The Bertz CT molecular complexity index is 711. The number of methoxy groups -OCH3 is 1. The molecule has 0 atom stereocenters. The minimum Gasteiger partial charge on any atom is -0.497 e. The van der Waals surface area contributed by atoms with Gasteiger partial charge in [0.05, 0.1) is 12.9 Å². The average molecular weight is 329 g/mol. The minimum atomic E-state index is -0.404. The molecule has 0 unspecified atom stereocenters. The second-order valence-electron chi connectivity index (χ2n) is 5.14. The summed E-state index contributed by atoms with van der Waals surface area (Å²) in [6, 6.07) is 12.7. The zero-order valence-corrected chi connectivity index (χ0v) is 14.2. The first-order chi connectivity index (χ1) is 11.0. The molecular formula is C18H19NO3S. The number of hydrogen-bond acceptors (Lipinski definition) is 4. The van der Waals surface area contributed by atoms with Crippen LogP contribution in [0.25, 0.3) is 0 Å². The highest BCUT2D eigenvalue weighted by atomic mass is 32.2. The number of benzene rings is 2. The number of carbonyl (C=O) groups is 2. The van der Waals surface area contributed by atoms with Crippen LogP contribution in [0.1, 0.15) is 21.5 Å². The van der Waals surface area contributed by atoms with Crippen LogP contribution >= 0.6 is 11.8 Å². The van der Waals surface area contributed by atoms with Crippen molar-refractivity contribution in [2.75, 3.05) is 12.9 Å². The van der Waals surface area contributed by atoms with Gasteiger partial charge in [-0.1, -0.05) is 6.07 Å². The quantitative estimate of drug-likeness (QED) is 0.855. The van der Waals surface area contributed by atoms with Gasteiger partial charge in [-0.3, -0.25) is 14.9 Å². The van der Waals surface area contributed by atoms with Gasteiger partial charge in [0.15, 0.2) is 0 Å². The molecule has 0 bridgehead atoms. The lowest BCUT2D eigenvalue weighted by Crippen LogP contribution is -2.31. The van der Waals surface area contributed by atoms with E-state index in [-0.39, 0.29) is 11.7 Å². The van der Waals surface area contributed by atoms with Gasteiger partial charge in [0, 0.05) is 10.5 Å². The van der Waals surface area contributed by atoms with Crippen molar-refractivity contribution >= 4 is 23.6 Å². The highest BCUT2D eigenvalue weighted by Crippen LogP contribution is 2.20. The second kappa shape index (κ2) is 7.83. The fraction of sp³-hybridized carbons (Fsp3) is 0.222. The highest BCUT2D eigenvalue weighted by molar-refractivity contribution is 8.00.